The molecule has 0 bridgehead atoms. The average molecular weight is 461 g/mol. The molecule has 3 aromatic rings. The van der Waals surface area contributed by atoms with Crippen LogP contribution in [0.4, 0.5) is 24.5 Å². The lowest BCUT2D eigenvalue weighted by atomic mass is 9.98. The van der Waals surface area contributed by atoms with Crippen molar-refractivity contribution in [3.8, 4) is 11.1 Å². The number of nitrogens with two attached hydrogens (primary N) is 1. The van der Waals surface area contributed by atoms with Gasteiger partial charge in [-0.15, -0.1) is 0 Å². The second-order valence-corrected chi connectivity index (χ2v) is 8.02. The van der Waals surface area contributed by atoms with Crippen LogP contribution in [0.15, 0.2) is 48.8 Å². The number of nitrogens with zero attached hydrogens (tertiary/aromatic N) is 2. The molecule has 1 aliphatic rings. The molecular formula is C23H20ClF3N4O. The van der Waals surface area contributed by atoms with E-state index in [0.717, 1.165) is 24.3 Å². The molecular weight excluding hydrogens is 441 g/mol. The molecule has 0 unspecified atom stereocenters. The van der Waals surface area contributed by atoms with E-state index >= 15 is 0 Å². The van der Waals surface area contributed by atoms with Crippen LogP contribution < -0.4 is 16.0 Å². The van der Waals surface area contributed by atoms with Gasteiger partial charge in [-0.1, -0.05) is 11.6 Å². The van der Waals surface area contributed by atoms with Gasteiger partial charge in [-0.05, 0) is 49.2 Å². The number of aromatic nitrogens is 1. The highest BCUT2D eigenvalue weighted by Crippen LogP contribution is 2.37. The zero-order valence-corrected chi connectivity index (χ0v) is 17.7. The van der Waals surface area contributed by atoms with Gasteiger partial charge in [0.2, 0.25) is 0 Å². The number of piperidine rings is 1. The Hall–Kier alpha value is -3.10. The highest BCUT2D eigenvalue weighted by molar-refractivity contribution is 6.31. The third kappa shape index (κ3) is 4.56. The van der Waals surface area contributed by atoms with E-state index in [1.807, 2.05) is 4.90 Å². The third-order valence-corrected chi connectivity index (χ3v) is 5.70. The van der Waals surface area contributed by atoms with Gasteiger partial charge >= 0.3 is 0 Å². The van der Waals surface area contributed by atoms with Crippen molar-refractivity contribution >= 4 is 28.9 Å². The lowest BCUT2D eigenvalue weighted by molar-refractivity contribution is 0.102. The first-order valence-corrected chi connectivity index (χ1v) is 10.4. The molecule has 3 N–H and O–H groups in total. The summed E-state index contributed by atoms with van der Waals surface area (Å²) in [6, 6.07) is 6.98. The number of hydrogen-bond acceptors (Lipinski definition) is 4. The minimum absolute atomic E-state index is 0.00171. The number of amides is 1. The van der Waals surface area contributed by atoms with Crippen LogP contribution in [-0.2, 0) is 0 Å². The molecule has 0 spiro atoms. The summed E-state index contributed by atoms with van der Waals surface area (Å²) in [6.07, 6.45) is 4.14. The minimum atomic E-state index is -0.633. The normalized spacial score (nSPS) is 14.5. The largest absolute Gasteiger partial charge is 0.370 e. The smallest absolute Gasteiger partial charge is 0.259 e. The van der Waals surface area contributed by atoms with Crippen molar-refractivity contribution in [2.24, 2.45) is 5.73 Å². The Bertz CT molecular complexity index is 1170. The summed E-state index contributed by atoms with van der Waals surface area (Å²) in [5, 5.41) is 2.53. The van der Waals surface area contributed by atoms with Gasteiger partial charge in [-0.3, -0.25) is 9.78 Å². The van der Waals surface area contributed by atoms with Crippen molar-refractivity contribution in [3.05, 3.63) is 76.8 Å². The molecule has 4 rings (SSSR count). The van der Waals surface area contributed by atoms with Crippen LogP contribution >= 0.6 is 11.6 Å². The van der Waals surface area contributed by atoms with E-state index < -0.39 is 23.4 Å². The molecule has 166 valence electrons. The molecule has 9 heteroatoms. The number of nitrogens with one attached hydrogen (secondary N) is 1. The summed E-state index contributed by atoms with van der Waals surface area (Å²) in [5.41, 5.74) is 7.21. The number of rotatable bonds is 4. The van der Waals surface area contributed by atoms with Crippen molar-refractivity contribution in [2.75, 3.05) is 23.3 Å². The zero-order valence-electron chi connectivity index (χ0n) is 16.9. The topological polar surface area (TPSA) is 71.2 Å². The first-order chi connectivity index (χ1) is 15.3. The molecule has 1 aromatic heterocycles. The van der Waals surface area contributed by atoms with Crippen LogP contribution in [0.1, 0.15) is 23.2 Å². The van der Waals surface area contributed by atoms with Crippen LogP contribution in [-0.4, -0.2) is 30.0 Å². The van der Waals surface area contributed by atoms with Gasteiger partial charge in [-0.25, -0.2) is 13.2 Å². The summed E-state index contributed by atoms with van der Waals surface area (Å²) < 4.78 is 42.0. The molecule has 2 heterocycles. The van der Waals surface area contributed by atoms with E-state index in [9.17, 15) is 18.0 Å². The maximum Gasteiger partial charge on any atom is 0.259 e. The Morgan fingerprint density at radius 1 is 1.03 bits per heavy atom. The number of carbonyl (C=O) groups excluding carboxylic acids is 1. The van der Waals surface area contributed by atoms with E-state index in [1.54, 1.807) is 0 Å². The van der Waals surface area contributed by atoms with Crippen molar-refractivity contribution in [2.45, 2.75) is 18.9 Å². The van der Waals surface area contributed by atoms with E-state index in [2.05, 4.69) is 10.3 Å². The van der Waals surface area contributed by atoms with Crippen LogP contribution in [0.3, 0.4) is 0 Å². The van der Waals surface area contributed by atoms with Crippen molar-refractivity contribution < 1.29 is 18.0 Å². The fourth-order valence-electron chi connectivity index (χ4n) is 3.76. The standard InChI is InChI=1S/C23H20ClF3N4O/c24-19-10-15(2-4-21(19)27)30-23(32)18-12-29-11-17(16-9-13(25)1-3-20(16)26)22(18)31-7-5-14(28)6-8-31/h1-4,9-12,14H,5-8,28H2,(H,30,32). The summed E-state index contributed by atoms with van der Waals surface area (Å²) >= 11 is 5.81. The quantitative estimate of drug-likeness (QED) is 0.575. The second kappa shape index (κ2) is 9.18. The number of halogens is 4. The predicted octanol–water partition coefficient (Wildman–Crippen LogP) is 5.00. The molecule has 1 amide bonds. The minimum Gasteiger partial charge on any atom is -0.370 e. The number of hydrogen-bond donors (Lipinski definition) is 2. The first kappa shape index (κ1) is 22.1. The highest BCUT2D eigenvalue weighted by atomic mass is 35.5. The number of carbonyl (C=O) groups is 1. The molecule has 0 aliphatic carbocycles. The maximum absolute atomic E-state index is 14.6. The van der Waals surface area contributed by atoms with Gasteiger partial charge in [0.1, 0.15) is 17.5 Å². The van der Waals surface area contributed by atoms with Crippen molar-refractivity contribution in [3.63, 3.8) is 0 Å². The average Bonchev–Trinajstić information content (AvgIpc) is 2.78. The summed E-state index contributed by atoms with van der Waals surface area (Å²) in [5.74, 6) is -2.39. The van der Waals surface area contributed by atoms with E-state index in [4.69, 9.17) is 17.3 Å². The van der Waals surface area contributed by atoms with Crippen LogP contribution in [0, 0.1) is 17.5 Å². The van der Waals surface area contributed by atoms with Gasteiger partial charge in [0.05, 0.1) is 16.3 Å². The Balaban J connectivity index is 1.80. The number of benzene rings is 2. The third-order valence-electron chi connectivity index (χ3n) is 5.41. The molecule has 2 aromatic carbocycles. The Morgan fingerprint density at radius 3 is 2.47 bits per heavy atom. The molecule has 0 atom stereocenters. The highest BCUT2D eigenvalue weighted by Gasteiger charge is 2.26. The van der Waals surface area contributed by atoms with Gasteiger partial charge in [0.15, 0.2) is 0 Å². The lowest BCUT2D eigenvalue weighted by Crippen LogP contribution is -2.40. The SMILES string of the molecule is NC1CCN(c2c(C(=O)Nc3ccc(F)c(Cl)c3)cncc2-c2cc(F)ccc2F)CC1. The van der Waals surface area contributed by atoms with Crippen LogP contribution in [0.5, 0.6) is 0 Å². The molecule has 32 heavy (non-hydrogen) atoms. The summed E-state index contributed by atoms with van der Waals surface area (Å²) in [7, 11) is 0. The second-order valence-electron chi connectivity index (χ2n) is 7.61. The lowest BCUT2D eigenvalue weighted by Gasteiger charge is -2.34. The molecule has 1 saturated heterocycles. The molecule has 0 radical (unpaired) electrons. The molecule has 1 aliphatic heterocycles. The summed E-state index contributed by atoms with van der Waals surface area (Å²) in [4.78, 5) is 19.2. The van der Waals surface area contributed by atoms with Gasteiger partial charge in [0.25, 0.3) is 5.91 Å². The predicted molar refractivity (Wildman–Crippen MR) is 118 cm³/mol. The van der Waals surface area contributed by atoms with Crippen molar-refractivity contribution in [1.29, 1.82) is 0 Å². The zero-order chi connectivity index (χ0) is 22.8. The number of anilines is 2. The Labute approximate surface area is 188 Å². The van der Waals surface area contributed by atoms with Crippen molar-refractivity contribution in [1.82, 2.24) is 4.98 Å². The molecule has 0 saturated carbocycles. The Morgan fingerprint density at radius 2 is 1.75 bits per heavy atom. The monoisotopic (exact) mass is 460 g/mol. The Kier molecular flexibility index (Phi) is 6.34. The van der Waals surface area contributed by atoms with Crippen LogP contribution in [0.2, 0.25) is 5.02 Å². The van der Waals surface area contributed by atoms with E-state index in [0.29, 0.717) is 37.2 Å². The molecule has 1 fully saturated rings. The van der Waals surface area contributed by atoms with E-state index in [1.165, 1.54) is 24.5 Å². The summed E-state index contributed by atoms with van der Waals surface area (Å²) in [6.45, 7) is 1.08. The molecule has 5 nitrogen and oxygen atoms in total. The fourth-order valence-corrected chi connectivity index (χ4v) is 3.94. The van der Waals surface area contributed by atoms with Crippen LogP contribution in [0.25, 0.3) is 11.1 Å². The van der Waals surface area contributed by atoms with Gasteiger partial charge < -0.3 is 16.0 Å². The van der Waals surface area contributed by atoms with Gasteiger partial charge in [0, 0.05) is 48.3 Å². The maximum atomic E-state index is 14.6. The first-order valence-electron chi connectivity index (χ1n) is 10.0. The van der Waals surface area contributed by atoms with E-state index in [-0.39, 0.29) is 27.9 Å². The number of pyridine rings is 1. The van der Waals surface area contributed by atoms with Gasteiger partial charge in [-0.2, -0.15) is 0 Å². The fraction of sp³-hybridized carbons (Fsp3) is 0.217.